The van der Waals surface area contributed by atoms with Gasteiger partial charge >= 0.3 is 0 Å². The van der Waals surface area contributed by atoms with Gasteiger partial charge in [0.25, 0.3) is 0 Å². The molecule has 0 bridgehead atoms. The summed E-state index contributed by atoms with van der Waals surface area (Å²) in [4.78, 5) is 0. The van der Waals surface area contributed by atoms with Crippen molar-refractivity contribution in [1.29, 1.82) is 0 Å². The summed E-state index contributed by atoms with van der Waals surface area (Å²) in [6, 6.07) is 0. The molecule has 0 amide bonds. The van der Waals surface area contributed by atoms with Crippen LogP contribution in [0.4, 0.5) is 0 Å². The molecule has 18 heavy (non-hydrogen) atoms. The topological polar surface area (TPSA) is 40.5 Å². The van der Waals surface area contributed by atoms with Crippen LogP contribution in [0.1, 0.15) is 72.1 Å². The highest BCUT2D eigenvalue weighted by Gasteiger charge is 2.34. The molecule has 0 aromatic heterocycles. The predicted molar refractivity (Wildman–Crippen MR) is 76.5 cm³/mol. The van der Waals surface area contributed by atoms with Crippen LogP contribution in [-0.2, 0) is 0 Å². The Morgan fingerprint density at radius 1 is 1.00 bits per heavy atom. The van der Waals surface area contributed by atoms with Crippen molar-refractivity contribution in [2.45, 2.75) is 78.2 Å². The Hall–Kier alpha value is -0.0800. The molecule has 3 unspecified atom stereocenters. The van der Waals surface area contributed by atoms with Gasteiger partial charge in [0.05, 0.1) is 6.10 Å². The molecule has 0 heterocycles. The SMILES string of the molecule is CC(C)(C)C1CCC(O)C(CCCCCCO)C1. The monoisotopic (exact) mass is 256 g/mol. The molecule has 0 aromatic rings. The normalized spacial score (nSPS) is 29.5. The Kier molecular flexibility index (Phi) is 6.65. The lowest BCUT2D eigenvalue weighted by Crippen LogP contribution is -2.34. The van der Waals surface area contributed by atoms with Crippen LogP contribution in [0.3, 0.4) is 0 Å². The number of hydrogen-bond acceptors (Lipinski definition) is 2. The molecule has 2 N–H and O–H groups in total. The lowest BCUT2D eigenvalue weighted by Gasteiger charge is -2.40. The number of aliphatic hydroxyl groups excluding tert-OH is 2. The molecule has 0 aromatic carbocycles. The minimum atomic E-state index is -0.0681. The second-order valence-electron chi connectivity index (χ2n) is 7.13. The highest BCUT2D eigenvalue weighted by molar-refractivity contribution is 4.85. The van der Waals surface area contributed by atoms with Crippen molar-refractivity contribution in [3.63, 3.8) is 0 Å². The first-order valence-corrected chi connectivity index (χ1v) is 7.74. The lowest BCUT2D eigenvalue weighted by atomic mass is 9.67. The van der Waals surface area contributed by atoms with E-state index in [1.165, 1.54) is 32.1 Å². The minimum absolute atomic E-state index is 0.0681. The third kappa shape index (κ3) is 5.27. The number of unbranched alkanes of at least 4 members (excludes halogenated alkanes) is 3. The summed E-state index contributed by atoms with van der Waals surface area (Å²) < 4.78 is 0. The first-order valence-electron chi connectivity index (χ1n) is 7.74. The van der Waals surface area contributed by atoms with Gasteiger partial charge in [0.15, 0.2) is 0 Å². The Labute approximate surface area is 113 Å². The van der Waals surface area contributed by atoms with Crippen molar-refractivity contribution in [2.24, 2.45) is 17.3 Å². The van der Waals surface area contributed by atoms with Gasteiger partial charge in [0.2, 0.25) is 0 Å². The van der Waals surface area contributed by atoms with Gasteiger partial charge in [-0.25, -0.2) is 0 Å². The second-order valence-corrected chi connectivity index (χ2v) is 7.13. The molecule has 0 saturated heterocycles. The molecule has 0 spiro atoms. The quantitative estimate of drug-likeness (QED) is 0.711. The highest BCUT2D eigenvalue weighted by Crippen LogP contribution is 2.41. The summed E-state index contributed by atoms with van der Waals surface area (Å²) in [7, 11) is 0. The van der Waals surface area contributed by atoms with Gasteiger partial charge in [-0.3, -0.25) is 0 Å². The van der Waals surface area contributed by atoms with E-state index in [4.69, 9.17) is 5.11 Å². The molecule has 0 radical (unpaired) electrons. The fraction of sp³-hybridized carbons (Fsp3) is 1.00. The van der Waals surface area contributed by atoms with Gasteiger partial charge in [0.1, 0.15) is 0 Å². The van der Waals surface area contributed by atoms with Gasteiger partial charge in [-0.1, -0.05) is 40.0 Å². The third-order valence-corrected chi connectivity index (χ3v) is 4.65. The molecule has 1 aliphatic rings. The Bertz CT molecular complexity index is 220. The maximum Gasteiger partial charge on any atom is 0.0568 e. The van der Waals surface area contributed by atoms with Gasteiger partial charge < -0.3 is 10.2 Å². The van der Waals surface area contributed by atoms with E-state index in [0.717, 1.165) is 25.2 Å². The molecule has 1 fully saturated rings. The first kappa shape index (κ1) is 16.0. The Morgan fingerprint density at radius 2 is 1.67 bits per heavy atom. The van der Waals surface area contributed by atoms with Crippen molar-refractivity contribution in [3.8, 4) is 0 Å². The van der Waals surface area contributed by atoms with E-state index >= 15 is 0 Å². The zero-order valence-corrected chi connectivity index (χ0v) is 12.5. The molecule has 1 rings (SSSR count). The fourth-order valence-corrected chi connectivity index (χ4v) is 3.22. The van der Waals surface area contributed by atoms with Crippen molar-refractivity contribution in [3.05, 3.63) is 0 Å². The molecule has 2 nitrogen and oxygen atoms in total. The summed E-state index contributed by atoms with van der Waals surface area (Å²) in [5.41, 5.74) is 0.384. The van der Waals surface area contributed by atoms with Crippen LogP contribution in [0, 0.1) is 17.3 Å². The second kappa shape index (κ2) is 7.49. The molecule has 2 heteroatoms. The standard InChI is InChI=1S/C16H32O2/c1-16(2,3)14-9-10-15(18)13(12-14)8-6-4-5-7-11-17/h13-15,17-18H,4-12H2,1-3H3. The van der Waals surface area contributed by atoms with Crippen LogP contribution >= 0.6 is 0 Å². The van der Waals surface area contributed by atoms with E-state index in [0.29, 0.717) is 17.9 Å². The average Bonchev–Trinajstić information content (AvgIpc) is 2.29. The van der Waals surface area contributed by atoms with Crippen LogP contribution in [-0.4, -0.2) is 22.9 Å². The smallest absolute Gasteiger partial charge is 0.0568 e. The van der Waals surface area contributed by atoms with E-state index in [2.05, 4.69) is 20.8 Å². The van der Waals surface area contributed by atoms with Crippen molar-refractivity contribution < 1.29 is 10.2 Å². The maximum atomic E-state index is 10.1. The third-order valence-electron chi connectivity index (χ3n) is 4.65. The van der Waals surface area contributed by atoms with Crippen LogP contribution < -0.4 is 0 Å². The maximum absolute atomic E-state index is 10.1. The molecule has 0 aliphatic heterocycles. The Morgan fingerprint density at radius 3 is 2.28 bits per heavy atom. The number of aliphatic hydroxyl groups is 2. The Balaban J connectivity index is 2.29. The van der Waals surface area contributed by atoms with E-state index in [-0.39, 0.29) is 6.10 Å². The summed E-state index contributed by atoms with van der Waals surface area (Å²) >= 11 is 0. The van der Waals surface area contributed by atoms with Crippen LogP contribution in [0.5, 0.6) is 0 Å². The first-order chi connectivity index (χ1) is 8.45. The zero-order valence-electron chi connectivity index (χ0n) is 12.5. The van der Waals surface area contributed by atoms with Gasteiger partial charge in [-0.15, -0.1) is 0 Å². The molecule has 1 aliphatic carbocycles. The summed E-state index contributed by atoms with van der Waals surface area (Å²) in [6.45, 7) is 7.30. The summed E-state index contributed by atoms with van der Waals surface area (Å²) in [5, 5.41) is 18.9. The number of rotatable bonds is 6. The molecular formula is C16H32O2. The van der Waals surface area contributed by atoms with Crippen LogP contribution in [0.2, 0.25) is 0 Å². The van der Waals surface area contributed by atoms with Gasteiger partial charge in [-0.05, 0) is 49.4 Å². The highest BCUT2D eigenvalue weighted by atomic mass is 16.3. The van der Waals surface area contributed by atoms with Crippen molar-refractivity contribution >= 4 is 0 Å². The minimum Gasteiger partial charge on any atom is -0.396 e. The summed E-state index contributed by atoms with van der Waals surface area (Å²) in [5.74, 6) is 1.28. The molecule has 1 saturated carbocycles. The fourth-order valence-electron chi connectivity index (χ4n) is 3.22. The van der Waals surface area contributed by atoms with E-state index in [9.17, 15) is 5.11 Å². The molecular weight excluding hydrogens is 224 g/mol. The predicted octanol–water partition coefficient (Wildman–Crippen LogP) is 3.75. The lowest BCUT2D eigenvalue weighted by molar-refractivity contribution is 0.0148. The largest absolute Gasteiger partial charge is 0.396 e. The average molecular weight is 256 g/mol. The van der Waals surface area contributed by atoms with E-state index in [1.807, 2.05) is 0 Å². The van der Waals surface area contributed by atoms with E-state index in [1.54, 1.807) is 0 Å². The summed E-state index contributed by atoms with van der Waals surface area (Å²) in [6.07, 6.45) is 8.93. The van der Waals surface area contributed by atoms with E-state index < -0.39 is 0 Å². The van der Waals surface area contributed by atoms with Crippen molar-refractivity contribution in [1.82, 2.24) is 0 Å². The number of hydrogen-bond donors (Lipinski definition) is 2. The van der Waals surface area contributed by atoms with Gasteiger partial charge in [-0.2, -0.15) is 0 Å². The van der Waals surface area contributed by atoms with Crippen LogP contribution in [0.25, 0.3) is 0 Å². The molecule has 108 valence electrons. The van der Waals surface area contributed by atoms with Crippen molar-refractivity contribution in [2.75, 3.05) is 6.61 Å². The van der Waals surface area contributed by atoms with Crippen LogP contribution in [0.15, 0.2) is 0 Å². The molecule has 3 atom stereocenters. The van der Waals surface area contributed by atoms with Gasteiger partial charge in [0, 0.05) is 6.61 Å². The zero-order chi connectivity index (χ0) is 13.6.